The molecule has 1 saturated carbocycles. The maximum atomic E-state index is 13.5. The molecule has 146 valence electrons. The van der Waals surface area contributed by atoms with Crippen LogP contribution in [0.5, 0.6) is 5.75 Å². The number of nitrogens with one attached hydrogen (secondary N) is 1. The molecule has 2 heterocycles. The molecule has 4 rings (SSSR count). The van der Waals surface area contributed by atoms with Crippen molar-refractivity contribution in [3.63, 3.8) is 0 Å². The number of Topliss-reactive ketones (excluding diaryl/α,β-unsaturated/α-hetero) is 1. The Kier molecular flexibility index (Phi) is 3.87. The lowest BCUT2D eigenvalue weighted by Crippen LogP contribution is -2.53. The van der Waals surface area contributed by atoms with Gasteiger partial charge in [0.1, 0.15) is 30.4 Å². The van der Waals surface area contributed by atoms with Crippen LogP contribution in [0.3, 0.4) is 0 Å². The van der Waals surface area contributed by atoms with Crippen LogP contribution in [-0.4, -0.2) is 36.8 Å². The summed E-state index contributed by atoms with van der Waals surface area (Å²) >= 11 is 0. The Morgan fingerprint density at radius 3 is 2.59 bits per heavy atom. The van der Waals surface area contributed by atoms with E-state index in [1.165, 1.54) is 12.1 Å². The summed E-state index contributed by atoms with van der Waals surface area (Å²) in [6.07, 6.45) is -7.93. The number of rotatable bonds is 1. The minimum atomic E-state index is -4.64. The van der Waals surface area contributed by atoms with Gasteiger partial charge in [-0.3, -0.25) is 4.79 Å². The molecule has 1 aromatic rings. The second-order valence-electron chi connectivity index (χ2n) is 6.75. The maximum absolute atomic E-state index is 13.5. The number of hydrogen-bond donors (Lipinski definition) is 1. The van der Waals surface area contributed by atoms with Crippen LogP contribution in [0.1, 0.15) is 24.3 Å². The maximum Gasteiger partial charge on any atom is 0.405 e. The number of nitrogens with zero attached hydrogens (tertiary/aromatic N) is 1. The van der Waals surface area contributed by atoms with Crippen LogP contribution >= 0.6 is 0 Å². The van der Waals surface area contributed by atoms with Crippen molar-refractivity contribution >= 4 is 17.2 Å². The Morgan fingerprint density at radius 2 is 1.93 bits per heavy atom. The van der Waals surface area contributed by atoms with Gasteiger partial charge in [0.15, 0.2) is 5.78 Å². The molecule has 2 aliphatic heterocycles. The summed E-state index contributed by atoms with van der Waals surface area (Å²) in [6.45, 7) is -1.44. The highest BCUT2D eigenvalue weighted by Crippen LogP contribution is 2.52. The summed E-state index contributed by atoms with van der Waals surface area (Å²) in [5.74, 6) is -2.66. The first kappa shape index (κ1) is 18.0. The fourth-order valence-electron chi connectivity index (χ4n) is 3.95. The lowest BCUT2D eigenvalue weighted by atomic mass is 9.91. The van der Waals surface area contributed by atoms with Gasteiger partial charge in [0.05, 0.1) is 5.69 Å². The Hall–Kier alpha value is -2.39. The molecule has 0 amide bonds. The lowest BCUT2D eigenvalue weighted by molar-refractivity contribution is -0.140. The highest BCUT2D eigenvalue weighted by atomic mass is 19.4. The van der Waals surface area contributed by atoms with E-state index in [2.05, 4.69) is 5.32 Å². The van der Waals surface area contributed by atoms with Gasteiger partial charge < -0.3 is 15.0 Å². The predicted octanol–water partition coefficient (Wildman–Crippen LogP) is 4.13. The van der Waals surface area contributed by atoms with Crippen molar-refractivity contribution in [3.05, 3.63) is 30.0 Å². The number of fused-ring (bicyclic) bond motifs is 4. The van der Waals surface area contributed by atoms with Crippen LogP contribution < -0.4 is 15.0 Å². The summed E-state index contributed by atoms with van der Waals surface area (Å²) in [6, 6.07) is 1.40. The summed E-state index contributed by atoms with van der Waals surface area (Å²) in [5, 5.41) is 2.68. The van der Waals surface area contributed by atoms with Crippen LogP contribution in [0.4, 0.5) is 37.7 Å². The number of alkyl halides is 6. The van der Waals surface area contributed by atoms with Crippen LogP contribution in [0.2, 0.25) is 0 Å². The van der Waals surface area contributed by atoms with Gasteiger partial charge in [-0.05, 0) is 24.8 Å². The average molecular weight is 392 g/mol. The van der Waals surface area contributed by atoms with E-state index in [0.29, 0.717) is 0 Å². The summed E-state index contributed by atoms with van der Waals surface area (Å²) in [4.78, 5) is 13.0. The molecule has 1 aromatic carbocycles. The van der Waals surface area contributed by atoms with E-state index >= 15 is 0 Å². The third-order valence-corrected chi connectivity index (χ3v) is 4.99. The minimum absolute atomic E-state index is 0.0285. The number of carbonyl (C=O) groups is 1. The van der Waals surface area contributed by atoms with Gasteiger partial charge in [-0.25, -0.2) is 0 Å². The Morgan fingerprint density at radius 1 is 1.19 bits per heavy atom. The number of hydrogen-bond acceptors (Lipinski definition) is 4. The molecule has 10 heteroatoms. The number of ketones is 1. The first-order valence-corrected chi connectivity index (χ1v) is 8.26. The Balaban J connectivity index is 1.88. The Labute approximate surface area is 149 Å². The molecular weight excluding hydrogens is 378 g/mol. The van der Waals surface area contributed by atoms with Crippen molar-refractivity contribution in [2.45, 2.75) is 43.3 Å². The normalized spacial score (nSPS) is 26.8. The van der Waals surface area contributed by atoms with E-state index in [-0.39, 0.29) is 35.5 Å². The molecule has 4 nitrogen and oxygen atoms in total. The summed E-state index contributed by atoms with van der Waals surface area (Å²) in [7, 11) is 0. The zero-order valence-corrected chi connectivity index (χ0v) is 13.7. The van der Waals surface area contributed by atoms with Gasteiger partial charge in [-0.2, -0.15) is 26.3 Å². The monoisotopic (exact) mass is 392 g/mol. The number of ether oxygens (including phenoxy) is 1. The van der Waals surface area contributed by atoms with E-state index in [0.717, 1.165) is 17.2 Å². The molecule has 3 aliphatic rings. The van der Waals surface area contributed by atoms with Gasteiger partial charge in [-0.1, -0.05) is 6.08 Å². The summed E-state index contributed by atoms with van der Waals surface area (Å²) in [5.41, 5.74) is -0.283. The molecule has 27 heavy (non-hydrogen) atoms. The van der Waals surface area contributed by atoms with E-state index < -0.39 is 42.7 Å². The van der Waals surface area contributed by atoms with Crippen molar-refractivity contribution in [2.24, 2.45) is 0 Å². The first-order chi connectivity index (χ1) is 12.6. The molecule has 1 fully saturated rings. The molecule has 0 aromatic heterocycles. The van der Waals surface area contributed by atoms with Crippen molar-refractivity contribution < 1.29 is 35.9 Å². The largest absolute Gasteiger partial charge is 0.485 e. The van der Waals surface area contributed by atoms with E-state index in [1.807, 2.05) is 0 Å². The van der Waals surface area contributed by atoms with Gasteiger partial charge >= 0.3 is 12.4 Å². The van der Waals surface area contributed by atoms with E-state index in [4.69, 9.17) is 4.74 Å². The number of anilines is 2. The number of carbonyl (C=O) groups excluding carboxylic acids is 1. The van der Waals surface area contributed by atoms with Crippen molar-refractivity contribution in [1.29, 1.82) is 0 Å². The summed E-state index contributed by atoms with van der Waals surface area (Å²) < 4.78 is 85.6. The van der Waals surface area contributed by atoms with Crippen molar-refractivity contribution in [1.82, 2.24) is 0 Å². The molecule has 1 aliphatic carbocycles. The zero-order chi connectivity index (χ0) is 19.6. The third-order valence-electron chi connectivity index (χ3n) is 4.99. The zero-order valence-electron chi connectivity index (χ0n) is 13.7. The molecule has 3 unspecified atom stereocenters. The highest BCUT2D eigenvalue weighted by Gasteiger charge is 2.51. The fraction of sp³-hybridized carbons (Fsp3) is 0.471. The predicted molar refractivity (Wildman–Crippen MR) is 83.8 cm³/mol. The van der Waals surface area contributed by atoms with Gasteiger partial charge in [0, 0.05) is 17.7 Å². The smallest absolute Gasteiger partial charge is 0.405 e. The molecule has 0 bridgehead atoms. The fourth-order valence-corrected chi connectivity index (χ4v) is 3.95. The minimum Gasteiger partial charge on any atom is -0.485 e. The van der Waals surface area contributed by atoms with Crippen LogP contribution in [0.15, 0.2) is 24.4 Å². The first-order valence-electron chi connectivity index (χ1n) is 8.26. The molecule has 1 N–H and O–H groups in total. The van der Waals surface area contributed by atoms with Gasteiger partial charge in [0.25, 0.3) is 0 Å². The standard InChI is InChI=1S/C17H14F6N2O2/c18-16(19,20)7-25-10-2-1-9-13(8(5-6-24-9)17(21,22)23)15(10)27-12-4-3-11(26)14(12)25/h1-2,5-6,8,12,14,24H,3-4,7H2. The average Bonchev–Trinajstić information content (AvgIpc) is 2.93. The number of halogens is 6. The molecule has 3 atom stereocenters. The van der Waals surface area contributed by atoms with Crippen LogP contribution in [-0.2, 0) is 4.79 Å². The molecular formula is C17H14F6N2O2. The quantitative estimate of drug-likeness (QED) is 0.730. The molecule has 0 saturated heterocycles. The SMILES string of the molecule is O=C1CCC2Oc3c(ccc4c3C(C(F)(F)F)C=CN4)N(CC(F)(F)F)C12. The number of benzene rings is 1. The van der Waals surface area contributed by atoms with Gasteiger partial charge in [0.2, 0.25) is 0 Å². The highest BCUT2D eigenvalue weighted by molar-refractivity contribution is 5.92. The second-order valence-corrected chi connectivity index (χ2v) is 6.75. The van der Waals surface area contributed by atoms with Crippen molar-refractivity contribution in [3.8, 4) is 5.75 Å². The Bertz CT molecular complexity index is 817. The van der Waals surface area contributed by atoms with Crippen LogP contribution in [0, 0.1) is 0 Å². The van der Waals surface area contributed by atoms with Crippen molar-refractivity contribution in [2.75, 3.05) is 16.8 Å². The van der Waals surface area contributed by atoms with E-state index in [1.54, 1.807) is 0 Å². The topological polar surface area (TPSA) is 41.6 Å². The van der Waals surface area contributed by atoms with Gasteiger partial charge in [-0.15, -0.1) is 0 Å². The van der Waals surface area contributed by atoms with Crippen LogP contribution in [0.25, 0.3) is 0 Å². The molecule has 0 radical (unpaired) electrons. The third kappa shape index (κ3) is 3.00. The number of allylic oxidation sites excluding steroid dienone is 1. The second kappa shape index (κ2) is 5.80. The molecule has 0 spiro atoms. The van der Waals surface area contributed by atoms with E-state index in [9.17, 15) is 31.1 Å². The lowest BCUT2D eigenvalue weighted by Gasteiger charge is -2.42.